The Morgan fingerprint density at radius 1 is 1.13 bits per heavy atom. The summed E-state index contributed by atoms with van der Waals surface area (Å²) in [5.41, 5.74) is 6.93. The molecule has 1 fully saturated rings. The van der Waals surface area contributed by atoms with E-state index < -0.39 is 18.1 Å². The highest BCUT2D eigenvalue weighted by molar-refractivity contribution is 5.63. The molecule has 1 saturated carbocycles. The first-order chi connectivity index (χ1) is 18.1. The quantitative estimate of drug-likeness (QED) is 0.288. The monoisotopic (exact) mass is 521 g/mol. The summed E-state index contributed by atoms with van der Waals surface area (Å²) in [5, 5.41) is 7.94. The zero-order chi connectivity index (χ0) is 26.7. The van der Waals surface area contributed by atoms with Crippen LogP contribution in [0.1, 0.15) is 48.6 Å². The number of aryl methyl sites for hydroxylation is 1. The molecule has 0 amide bonds. The fourth-order valence-corrected chi connectivity index (χ4v) is 6.91. The predicted octanol–water partition coefficient (Wildman–Crippen LogP) is 7.34. The van der Waals surface area contributed by atoms with Crippen molar-refractivity contribution in [2.45, 2.75) is 58.3 Å². The molecule has 0 unspecified atom stereocenters. The van der Waals surface area contributed by atoms with Crippen molar-refractivity contribution >= 4 is 6.08 Å². The average Bonchev–Trinajstić information content (AvgIpc) is 3.27. The first kappa shape index (κ1) is 25.1. The van der Waals surface area contributed by atoms with Gasteiger partial charge >= 0.3 is 6.18 Å². The minimum absolute atomic E-state index is 0.00855. The number of fused-ring (bicyclic) bond motifs is 4. The van der Waals surface area contributed by atoms with Gasteiger partial charge in [-0.05, 0) is 80.0 Å². The van der Waals surface area contributed by atoms with Gasteiger partial charge < -0.3 is 5.32 Å². The number of hydrogen-bond acceptors (Lipinski definition) is 2. The zero-order valence-electron chi connectivity index (χ0n) is 21.5. The second kappa shape index (κ2) is 9.23. The number of halogens is 4. The molecule has 3 aliphatic carbocycles. The summed E-state index contributed by atoms with van der Waals surface area (Å²) in [4.78, 5) is 0. The van der Waals surface area contributed by atoms with Gasteiger partial charge in [-0.25, -0.2) is 9.07 Å². The van der Waals surface area contributed by atoms with Gasteiger partial charge in [0, 0.05) is 18.0 Å². The zero-order valence-corrected chi connectivity index (χ0v) is 21.5. The third-order valence-corrected chi connectivity index (χ3v) is 8.79. The summed E-state index contributed by atoms with van der Waals surface area (Å²) in [6, 6.07) is 13.5. The van der Waals surface area contributed by atoms with Crippen molar-refractivity contribution in [3.05, 3.63) is 100 Å². The molecule has 6 rings (SSSR count). The average molecular weight is 522 g/mol. The molecule has 3 nitrogen and oxygen atoms in total. The van der Waals surface area contributed by atoms with E-state index >= 15 is 0 Å². The first-order valence-electron chi connectivity index (χ1n) is 13.2. The number of nitrogens with one attached hydrogen (secondary N) is 1. The Kier molecular flexibility index (Phi) is 6.10. The minimum Gasteiger partial charge on any atom is -0.309 e. The summed E-state index contributed by atoms with van der Waals surface area (Å²) < 4.78 is 58.0. The van der Waals surface area contributed by atoms with Crippen LogP contribution in [0.4, 0.5) is 17.6 Å². The molecule has 2 aromatic carbocycles. The van der Waals surface area contributed by atoms with Crippen LogP contribution in [-0.2, 0) is 13.0 Å². The van der Waals surface area contributed by atoms with E-state index in [2.05, 4.69) is 23.4 Å². The molecule has 7 heteroatoms. The maximum Gasteiger partial charge on any atom is 0.393 e. The summed E-state index contributed by atoms with van der Waals surface area (Å²) in [6.07, 6.45) is 3.72. The van der Waals surface area contributed by atoms with E-state index in [0.29, 0.717) is 19.4 Å². The minimum atomic E-state index is -4.26. The molecular formula is C31H31F4N3. The molecule has 4 atom stereocenters. The Morgan fingerprint density at radius 2 is 1.92 bits per heavy atom. The van der Waals surface area contributed by atoms with E-state index in [1.54, 1.807) is 12.1 Å². The number of alkyl halides is 3. The largest absolute Gasteiger partial charge is 0.393 e. The molecule has 1 N–H and O–H groups in total. The number of hydrogen-bond donors (Lipinski definition) is 1. The lowest BCUT2D eigenvalue weighted by Gasteiger charge is -2.51. The summed E-state index contributed by atoms with van der Waals surface area (Å²) >= 11 is 0. The van der Waals surface area contributed by atoms with E-state index in [1.165, 1.54) is 17.7 Å². The number of nitrogens with zero attached hydrogens (tertiary/aromatic N) is 2. The summed E-state index contributed by atoms with van der Waals surface area (Å²) in [5.74, 6) is -1.89. The highest BCUT2D eigenvalue weighted by atomic mass is 19.4. The van der Waals surface area contributed by atoms with Gasteiger partial charge in [0.05, 0.1) is 23.5 Å². The fraction of sp³-hybridized carbons (Fsp3) is 0.387. The van der Waals surface area contributed by atoms with Crippen molar-refractivity contribution in [2.24, 2.45) is 17.3 Å². The second-order valence-electron chi connectivity index (χ2n) is 11.2. The Morgan fingerprint density at radius 3 is 2.66 bits per heavy atom. The van der Waals surface area contributed by atoms with Gasteiger partial charge in [-0.1, -0.05) is 54.0 Å². The third-order valence-electron chi connectivity index (χ3n) is 8.79. The topological polar surface area (TPSA) is 29.9 Å². The second-order valence-corrected chi connectivity index (χ2v) is 11.2. The lowest BCUT2D eigenvalue weighted by atomic mass is 9.55. The van der Waals surface area contributed by atoms with Crippen LogP contribution in [0, 0.1) is 30.0 Å². The van der Waals surface area contributed by atoms with Crippen LogP contribution >= 0.6 is 0 Å². The lowest BCUT2D eigenvalue weighted by molar-refractivity contribution is -0.187. The molecule has 0 radical (unpaired) electrons. The summed E-state index contributed by atoms with van der Waals surface area (Å²) in [6.45, 7) is 4.59. The Bertz CT molecular complexity index is 1420. The number of rotatable bonds is 4. The maximum absolute atomic E-state index is 14.2. The molecule has 3 aliphatic rings. The molecule has 3 aromatic rings. The van der Waals surface area contributed by atoms with Crippen molar-refractivity contribution in [1.29, 1.82) is 0 Å². The third kappa shape index (κ3) is 4.31. The van der Waals surface area contributed by atoms with Gasteiger partial charge in [-0.2, -0.15) is 18.3 Å². The van der Waals surface area contributed by atoms with Crippen LogP contribution in [0.25, 0.3) is 11.8 Å². The van der Waals surface area contributed by atoms with Gasteiger partial charge in [-0.15, -0.1) is 0 Å². The molecule has 1 aromatic heterocycles. The van der Waals surface area contributed by atoms with Crippen molar-refractivity contribution in [3.8, 4) is 5.69 Å². The van der Waals surface area contributed by atoms with Gasteiger partial charge in [0.2, 0.25) is 0 Å². The molecule has 0 aliphatic heterocycles. The van der Waals surface area contributed by atoms with Crippen molar-refractivity contribution in [3.63, 3.8) is 0 Å². The van der Waals surface area contributed by atoms with E-state index in [9.17, 15) is 17.6 Å². The predicted molar refractivity (Wildman–Crippen MR) is 140 cm³/mol. The Hall–Kier alpha value is -3.19. The fourth-order valence-electron chi connectivity index (χ4n) is 6.91. The molecule has 0 spiro atoms. The molecule has 38 heavy (non-hydrogen) atoms. The smallest absolute Gasteiger partial charge is 0.309 e. The Balaban J connectivity index is 1.32. The lowest BCUT2D eigenvalue weighted by Crippen LogP contribution is -2.53. The molecule has 1 heterocycles. The van der Waals surface area contributed by atoms with Gasteiger partial charge in [0.15, 0.2) is 0 Å². The van der Waals surface area contributed by atoms with Gasteiger partial charge in [0.1, 0.15) is 5.82 Å². The SMILES string of the molecule is Cc1cccc(CN[C@H]2[C@H](C(F)(F)F)CC=C3[C@@H]2CCC2=Cc4c(cnn4-c4ccc(F)cc4)C[C@@]23C)c1. The van der Waals surface area contributed by atoms with Crippen LogP contribution in [0.5, 0.6) is 0 Å². The van der Waals surface area contributed by atoms with Crippen LogP contribution in [0.3, 0.4) is 0 Å². The normalized spacial score (nSPS) is 26.6. The van der Waals surface area contributed by atoms with Gasteiger partial charge in [0.25, 0.3) is 0 Å². The first-order valence-corrected chi connectivity index (χ1v) is 13.2. The molecule has 198 valence electrons. The van der Waals surface area contributed by atoms with Crippen LogP contribution in [0.15, 0.2) is 72.0 Å². The maximum atomic E-state index is 14.2. The standard InChI is InChI=1S/C31H31F4N3/c1-19-4-3-5-20(14-19)17-36-29-25-11-6-22-15-28-21(18-37-38(28)24-9-7-23(32)8-10-24)16-30(22,2)26(25)12-13-27(29)31(33,34)35/h3-5,7-10,12,14-15,18,25,27,29,36H,6,11,13,16-17H2,1-2H3/t25-,27+,29+,30-/m0/s1. The van der Waals surface area contributed by atoms with E-state index in [4.69, 9.17) is 0 Å². The van der Waals surface area contributed by atoms with Crippen LogP contribution in [-0.4, -0.2) is 22.0 Å². The number of benzene rings is 2. The highest BCUT2D eigenvalue weighted by Gasteiger charge is 2.54. The van der Waals surface area contributed by atoms with Crippen LogP contribution in [0.2, 0.25) is 0 Å². The van der Waals surface area contributed by atoms with E-state index in [-0.39, 0.29) is 23.6 Å². The van der Waals surface area contributed by atoms with Crippen LogP contribution < -0.4 is 5.32 Å². The number of aromatic nitrogens is 2. The molecule has 0 saturated heterocycles. The number of allylic oxidation sites excluding steroid dienone is 2. The Labute approximate surface area is 220 Å². The van der Waals surface area contributed by atoms with Crippen molar-refractivity contribution < 1.29 is 17.6 Å². The highest BCUT2D eigenvalue weighted by Crippen LogP contribution is 2.57. The molecule has 0 bridgehead atoms. The van der Waals surface area contributed by atoms with Crippen molar-refractivity contribution in [1.82, 2.24) is 15.1 Å². The van der Waals surface area contributed by atoms with Gasteiger partial charge in [-0.3, -0.25) is 0 Å². The van der Waals surface area contributed by atoms with E-state index in [0.717, 1.165) is 40.1 Å². The molecular weight excluding hydrogens is 490 g/mol. The van der Waals surface area contributed by atoms with Crippen molar-refractivity contribution in [2.75, 3.05) is 0 Å². The van der Waals surface area contributed by atoms with E-state index in [1.807, 2.05) is 48.1 Å². The summed E-state index contributed by atoms with van der Waals surface area (Å²) in [7, 11) is 0.